The van der Waals surface area contributed by atoms with Crippen LogP contribution in [0.25, 0.3) is 0 Å². The molecule has 84 valence electrons. The Hall–Kier alpha value is -0.410. The smallest absolute Gasteiger partial charge is 0.0946 e. The van der Waals surface area contributed by atoms with Crippen molar-refractivity contribution in [3.63, 3.8) is 0 Å². The van der Waals surface area contributed by atoms with Crippen molar-refractivity contribution in [2.24, 2.45) is 5.92 Å². The molecule has 1 aromatic heterocycles. The Kier molecular flexibility index (Phi) is 3.42. The van der Waals surface area contributed by atoms with Gasteiger partial charge in [-0.25, -0.2) is 4.98 Å². The van der Waals surface area contributed by atoms with Gasteiger partial charge < -0.3 is 5.32 Å². The van der Waals surface area contributed by atoms with Crippen molar-refractivity contribution in [3.8, 4) is 0 Å². The number of rotatable bonds is 4. The maximum absolute atomic E-state index is 4.62. The summed E-state index contributed by atoms with van der Waals surface area (Å²) >= 11 is 1.86. The fourth-order valence-corrected chi connectivity index (χ4v) is 3.15. The fourth-order valence-electron chi connectivity index (χ4n) is 2.16. The van der Waals surface area contributed by atoms with Gasteiger partial charge in [-0.2, -0.15) is 0 Å². The zero-order valence-electron chi connectivity index (χ0n) is 9.84. The average molecular weight is 224 g/mol. The van der Waals surface area contributed by atoms with Crippen LogP contribution < -0.4 is 5.32 Å². The largest absolute Gasteiger partial charge is 0.316 e. The second-order valence-corrected chi connectivity index (χ2v) is 5.83. The van der Waals surface area contributed by atoms with E-state index in [4.69, 9.17) is 0 Å². The molecule has 1 heterocycles. The predicted octanol–water partition coefficient (Wildman–Crippen LogP) is 2.69. The Morgan fingerprint density at radius 1 is 1.47 bits per heavy atom. The van der Waals surface area contributed by atoms with Gasteiger partial charge in [-0.05, 0) is 39.7 Å². The monoisotopic (exact) mass is 224 g/mol. The Morgan fingerprint density at radius 2 is 2.20 bits per heavy atom. The maximum atomic E-state index is 4.62. The van der Waals surface area contributed by atoms with E-state index in [9.17, 15) is 0 Å². The summed E-state index contributed by atoms with van der Waals surface area (Å²) in [5, 5.41) is 4.75. The first kappa shape index (κ1) is 11.1. The maximum Gasteiger partial charge on any atom is 0.0946 e. The molecule has 2 nitrogen and oxygen atoms in total. The molecule has 0 bridgehead atoms. The first-order chi connectivity index (χ1) is 7.20. The lowest BCUT2D eigenvalue weighted by molar-refractivity contribution is 0.235. The molecule has 1 aromatic rings. The highest BCUT2D eigenvalue weighted by Gasteiger charge is 2.26. The Bertz CT molecular complexity index is 309. The molecular formula is C12H20N2S. The van der Waals surface area contributed by atoms with E-state index in [1.165, 1.54) is 34.8 Å². The third kappa shape index (κ3) is 2.40. The van der Waals surface area contributed by atoms with Crippen LogP contribution in [0.4, 0.5) is 0 Å². The SMILES string of the molecule is CNC(Cc1nc(C)c(C)s1)C1CCC1. The van der Waals surface area contributed by atoms with Crippen molar-refractivity contribution < 1.29 is 0 Å². The van der Waals surface area contributed by atoms with E-state index in [-0.39, 0.29) is 0 Å². The zero-order valence-corrected chi connectivity index (χ0v) is 10.7. The van der Waals surface area contributed by atoms with Crippen LogP contribution in [0.5, 0.6) is 0 Å². The molecule has 1 atom stereocenters. The van der Waals surface area contributed by atoms with Crippen molar-refractivity contribution in [3.05, 3.63) is 15.6 Å². The van der Waals surface area contributed by atoms with E-state index in [0.29, 0.717) is 6.04 Å². The highest BCUT2D eigenvalue weighted by Crippen LogP contribution is 2.31. The van der Waals surface area contributed by atoms with Crippen LogP contribution in [0.15, 0.2) is 0 Å². The van der Waals surface area contributed by atoms with Gasteiger partial charge in [-0.3, -0.25) is 0 Å². The number of aryl methyl sites for hydroxylation is 2. The number of likely N-dealkylation sites (N-methyl/N-ethyl adjacent to an activating group) is 1. The van der Waals surface area contributed by atoms with Crippen molar-refractivity contribution in [2.45, 2.75) is 45.6 Å². The predicted molar refractivity (Wildman–Crippen MR) is 65.5 cm³/mol. The van der Waals surface area contributed by atoms with Crippen molar-refractivity contribution in [1.82, 2.24) is 10.3 Å². The Morgan fingerprint density at radius 3 is 2.60 bits per heavy atom. The molecule has 1 aliphatic carbocycles. The van der Waals surface area contributed by atoms with Gasteiger partial charge in [0.2, 0.25) is 0 Å². The molecule has 1 fully saturated rings. The number of thiazole rings is 1. The molecule has 0 amide bonds. The minimum absolute atomic E-state index is 0.642. The molecule has 2 rings (SSSR count). The van der Waals surface area contributed by atoms with Gasteiger partial charge >= 0.3 is 0 Å². The third-order valence-corrected chi connectivity index (χ3v) is 4.65. The molecule has 0 aromatic carbocycles. The first-order valence-electron chi connectivity index (χ1n) is 5.81. The molecule has 0 aliphatic heterocycles. The second kappa shape index (κ2) is 4.62. The number of hydrogen-bond donors (Lipinski definition) is 1. The van der Waals surface area contributed by atoms with Crippen LogP contribution in [0, 0.1) is 19.8 Å². The molecule has 0 saturated heterocycles. The quantitative estimate of drug-likeness (QED) is 0.850. The van der Waals surface area contributed by atoms with E-state index >= 15 is 0 Å². The summed E-state index contributed by atoms with van der Waals surface area (Å²) in [6.07, 6.45) is 5.32. The number of hydrogen-bond acceptors (Lipinski definition) is 3. The van der Waals surface area contributed by atoms with Gasteiger partial charge in [0, 0.05) is 17.3 Å². The molecule has 0 spiro atoms. The van der Waals surface area contributed by atoms with Gasteiger partial charge in [0.05, 0.1) is 10.7 Å². The van der Waals surface area contributed by atoms with Crippen LogP contribution in [0.3, 0.4) is 0 Å². The van der Waals surface area contributed by atoms with Gasteiger partial charge in [0.25, 0.3) is 0 Å². The van der Waals surface area contributed by atoms with E-state index in [1.807, 2.05) is 11.3 Å². The summed E-state index contributed by atoms with van der Waals surface area (Å²) < 4.78 is 0. The molecule has 1 N–H and O–H groups in total. The molecule has 3 heteroatoms. The van der Waals surface area contributed by atoms with Crippen LogP contribution >= 0.6 is 11.3 Å². The van der Waals surface area contributed by atoms with Gasteiger partial charge in [0.1, 0.15) is 0 Å². The van der Waals surface area contributed by atoms with Crippen molar-refractivity contribution in [1.29, 1.82) is 0 Å². The number of aromatic nitrogens is 1. The van der Waals surface area contributed by atoms with Gasteiger partial charge in [-0.15, -0.1) is 11.3 Å². The molecule has 1 unspecified atom stereocenters. The molecule has 1 saturated carbocycles. The topological polar surface area (TPSA) is 24.9 Å². The highest BCUT2D eigenvalue weighted by molar-refractivity contribution is 7.11. The summed E-state index contributed by atoms with van der Waals surface area (Å²) in [4.78, 5) is 5.99. The summed E-state index contributed by atoms with van der Waals surface area (Å²) in [7, 11) is 2.08. The average Bonchev–Trinajstić information content (AvgIpc) is 2.42. The van der Waals surface area contributed by atoms with E-state index in [2.05, 4.69) is 31.2 Å². The Balaban J connectivity index is 1.99. The normalized spacial score (nSPS) is 18.9. The summed E-state index contributed by atoms with van der Waals surface area (Å²) in [5.41, 5.74) is 1.21. The number of nitrogens with one attached hydrogen (secondary N) is 1. The second-order valence-electron chi connectivity index (χ2n) is 4.54. The minimum Gasteiger partial charge on any atom is -0.316 e. The molecule has 0 radical (unpaired) electrons. The third-order valence-electron chi connectivity index (χ3n) is 3.56. The summed E-state index contributed by atoms with van der Waals surface area (Å²) in [6, 6.07) is 0.642. The van der Waals surface area contributed by atoms with Crippen molar-refractivity contribution >= 4 is 11.3 Å². The van der Waals surface area contributed by atoms with Gasteiger partial charge in [-0.1, -0.05) is 6.42 Å². The lowest BCUT2D eigenvalue weighted by atomic mass is 9.79. The van der Waals surface area contributed by atoms with E-state index in [0.717, 1.165) is 12.3 Å². The van der Waals surface area contributed by atoms with Crippen molar-refractivity contribution in [2.75, 3.05) is 7.05 Å². The van der Waals surface area contributed by atoms with E-state index < -0.39 is 0 Å². The number of nitrogens with zero attached hydrogens (tertiary/aromatic N) is 1. The minimum atomic E-state index is 0.642. The van der Waals surface area contributed by atoms with Crippen LogP contribution in [-0.2, 0) is 6.42 Å². The Labute approximate surface area is 96.1 Å². The lowest BCUT2D eigenvalue weighted by Gasteiger charge is -2.33. The first-order valence-corrected chi connectivity index (χ1v) is 6.62. The van der Waals surface area contributed by atoms with Gasteiger partial charge in [0.15, 0.2) is 0 Å². The summed E-state index contributed by atoms with van der Waals surface area (Å²) in [5.74, 6) is 0.888. The molecular weight excluding hydrogens is 204 g/mol. The standard InChI is InChI=1S/C12H20N2S/c1-8-9(2)15-12(14-8)7-11(13-3)10-5-4-6-10/h10-11,13H,4-7H2,1-3H3. The summed E-state index contributed by atoms with van der Waals surface area (Å²) in [6.45, 7) is 4.27. The highest BCUT2D eigenvalue weighted by atomic mass is 32.1. The van der Waals surface area contributed by atoms with Crippen LogP contribution in [0.1, 0.15) is 34.8 Å². The van der Waals surface area contributed by atoms with Crippen LogP contribution in [-0.4, -0.2) is 18.1 Å². The molecule has 15 heavy (non-hydrogen) atoms. The van der Waals surface area contributed by atoms with E-state index in [1.54, 1.807) is 0 Å². The molecule has 1 aliphatic rings. The zero-order chi connectivity index (χ0) is 10.8. The lowest BCUT2D eigenvalue weighted by Crippen LogP contribution is -2.38. The fraction of sp³-hybridized carbons (Fsp3) is 0.750. The van der Waals surface area contributed by atoms with Crippen LogP contribution in [0.2, 0.25) is 0 Å².